The van der Waals surface area contributed by atoms with E-state index in [4.69, 9.17) is 4.74 Å². The molecule has 1 nitrogen and oxygen atoms in total. The van der Waals surface area contributed by atoms with Crippen LogP contribution < -0.4 is 0 Å². The van der Waals surface area contributed by atoms with Crippen LogP contribution in [0.2, 0.25) is 0 Å². The van der Waals surface area contributed by atoms with Crippen molar-refractivity contribution in [3.63, 3.8) is 0 Å². The third-order valence-electron chi connectivity index (χ3n) is 2.72. The largest absolute Gasteiger partial charge is 0.342 e. The van der Waals surface area contributed by atoms with Crippen LogP contribution in [-0.4, -0.2) is 16.4 Å². The van der Waals surface area contributed by atoms with Crippen molar-refractivity contribution in [3.8, 4) is 0 Å². The summed E-state index contributed by atoms with van der Waals surface area (Å²) in [6.45, 7) is 4.26. The number of rotatable bonds is 1. The van der Waals surface area contributed by atoms with E-state index in [0.29, 0.717) is 0 Å². The molecule has 0 bridgehead atoms. The standard InChI is InChI=1S/C9H11BrOS/c1-6-7(12-3)4-5-9(10)8(6,2)11-9/h4-5H,1-3H3. The van der Waals surface area contributed by atoms with Crippen LogP contribution in [0, 0.1) is 0 Å². The maximum absolute atomic E-state index is 5.66. The van der Waals surface area contributed by atoms with Crippen LogP contribution in [0.5, 0.6) is 0 Å². The van der Waals surface area contributed by atoms with Gasteiger partial charge in [-0.25, -0.2) is 0 Å². The van der Waals surface area contributed by atoms with E-state index in [1.165, 1.54) is 10.5 Å². The summed E-state index contributed by atoms with van der Waals surface area (Å²) < 4.78 is 5.45. The van der Waals surface area contributed by atoms with Gasteiger partial charge in [0.05, 0.1) is 0 Å². The number of ether oxygens (including phenoxy) is 1. The molecule has 0 radical (unpaired) electrons. The fourth-order valence-corrected chi connectivity index (χ4v) is 3.02. The van der Waals surface area contributed by atoms with Gasteiger partial charge in [-0.1, -0.05) is 0 Å². The molecule has 2 atom stereocenters. The minimum Gasteiger partial charge on any atom is -0.342 e. The average molecular weight is 247 g/mol. The zero-order chi connectivity index (χ0) is 8.98. The summed E-state index contributed by atoms with van der Waals surface area (Å²) in [4.78, 5) is 1.32. The number of halogens is 1. The molecule has 1 fully saturated rings. The van der Waals surface area contributed by atoms with Gasteiger partial charge in [0.2, 0.25) is 0 Å². The van der Waals surface area contributed by atoms with Gasteiger partial charge >= 0.3 is 0 Å². The van der Waals surface area contributed by atoms with Crippen LogP contribution >= 0.6 is 27.7 Å². The molecule has 0 saturated carbocycles. The monoisotopic (exact) mass is 246 g/mol. The lowest BCUT2D eigenvalue weighted by Crippen LogP contribution is -2.20. The van der Waals surface area contributed by atoms with Crippen molar-refractivity contribution in [2.45, 2.75) is 24.0 Å². The maximum atomic E-state index is 5.66. The summed E-state index contributed by atoms with van der Waals surface area (Å²) in [7, 11) is 0. The number of hydrogen-bond acceptors (Lipinski definition) is 2. The van der Waals surface area contributed by atoms with Crippen LogP contribution in [0.3, 0.4) is 0 Å². The summed E-state index contributed by atoms with van der Waals surface area (Å²) in [5, 5.41) is 0. The van der Waals surface area contributed by atoms with Gasteiger partial charge in [0.25, 0.3) is 0 Å². The summed E-state index contributed by atoms with van der Waals surface area (Å²) in [6.07, 6.45) is 6.31. The first kappa shape index (κ1) is 8.85. The highest BCUT2D eigenvalue weighted by Gasteiger charge is 2.66. The number of epoxide rings is 1. The number of thioether (sulfide) groups is 1. The predicted molar refractivity (Wildman–Crippen MR) is 56.5 cm³/mol. The van der Waals surface area contributed by atoms with Crippen LogP contribution in [0.1, 0.15) is 13.8 Å². The van der Waals surface area contributed by atoms with Crippen molar-refractivity contribution in [2.75, 3.05) is 6.26 Å². The molecule has 0 spiro atoms. The summed E-state index contributed by atoms with van der Waals surface area (Å²) >= 11 is 5.34. The van der Waals surface area contributed by atoms with Crippen molar-refractivity contribution < 1.29 is 4.74 Å². The Morgan fingerprint density at radius 1 is 1.58 bits per heavy atom. The van der Waals surface area contributed by atoms with E-state index in [2.05, 4.69) is 48.2 Å². The van der Waals surface area contributed by atoms with Gasteiger partial charge in [-0.05, 0) is 53.8 Å². The summed E-state index contributed by atoms with van der Waals surface area (Å²) in [6, 6.07) is 0. The number of hydrogen-bond donors (Lipinski definition) is 0. The molecule has 2 rings (SSSR count). The lowest BCUT2D eigenvalue weighted by molar-refractivity contribution is 0.341. The molecule has 2 aliphatic rings. The van der Waals surface area contributed by atoms with E-state index in [1.807, 2.05) is 0 Å². The molecule has 0 aromatic heterocycles. The predicted octanol–water partition coefficient (Wildman–Crippen LogP) is 3.07. The van der Waals surface area contributed by atoms with E-state index < -0.39 is 0 Å². The van der Waals surface area contributed by atoms with Crippen LogP contribution in [-0.2, 0) is 4.74 Å². The van der Waals surface area contributed by atoms with Crippen molar-refractivity contribution in [2.24, 2.45) is 0 Å². The first-order chi connectivity index (χ1) is 5.53. The molecule has 2 unspecified atom stereocenters. The molecule has 0 amide bonds. The number of alkyl halides is 1. The first-order valence-corrected chi connectivity index (χ1v) is 5.89. The zero-order valence-electron chi connectivity index (χ0n) is 7.35. The Morgan fingerprint density at radius 2 is 2.25 bits per heavy atom. The second-order valence-corrected chi connectivity index (χ2v) is 5.33. The van der Waals surface area contributed by atoms with Gasteiger partial charge in [0.1, 0.15) is 5.60 Å². The fraction of sp³-hybridized carbons (Fsp3) is 0.556. The Kier molecular flexibility index (Phi) is 1.77. The summed E-state index contributed by atoms with van der Waals surface area (Å²) in [5.74, 6) is 0. The van der Waals surface area contributed by atoms with Crippen LogP contribution in [0.15, 0.2) is 22.6 Å². The van der Waals surface area contributed by atoms with Gasteiger partial charge in [0, 0.05) is 4.91 Å². The van der Waals surface area contributed by atoms with Crippen LogP contribution in [0.4, 0.5) is 0 Å². The molecular weight excluding hydrogens is 236 g/mol. The molecule has 0 aromatic carbocycles. The highest BCUT2D eigenvalue weighted by molar-refractivity contribution is 9.10. The molecule has 66 valence electrons. The van der Waals surface area contributed by atoms with Gasteiger partial charge < -0.3 is 4.74 Å². The molecule has 1 aliphatic heterocycles. The highest BCUT2D eigenvalue weighted by Crippen LogP contribution is 2.61. The van der Waals surface area contributed by atoms with E-state index >= 15 is 0 Å². The second-order valence-electron chi connectivity index (χ2n) is 3.31. The number of fused-ring (bicyclic) bond motifs is 1. The quantitative estimate of drug-likeness (QED) is 0.521. The molecule has 3 heteroatoms. The lowest BCUT2D eigenvalue weighted by atomic mass is 9.94. The molecule has 12 heavy (non-hydrogen) atoms. The minimum absolute atomic E-state index is 0.0971. The Balaban J connectivity index is 2.43. The minimum atomic E-state index is -0.205. The normalized spacial score (nSPS) is 44.7. The fourth-order valence-electron chi connectivity index (χ4n) is 1.56. The van der Waals surface area contributed by atoms with E-state index in [9.17, 15) is 0 Å². The third-order valence-corrected chi connectivity index (χ3v) is 4.78. The molecule has 1 saturated heterocycles. The van der Waals surface area contributed by atoms with Crippen molar-refractivity contribution >= 4 is 27.7 Å². The van der Waals surface area contributed by atoms with Crippen molar-refractivity contribution in [1.82, 2.24) is 0 Å². The molecule has 0 N–H and O–H groups in total. The second kappa shape index (κ2) is 2.40. The van der Waals surface area contributed by atoms with Gasteiger partial charge in [-0.15, -0.1) is 11.8 Å². The molecule has 1 heterocycles. The van der Waals surface area contributed by atoms with E-state index in [0.717, 1.165) is 0 Å². The molecule has 0 aromatic rings. The van der Waals surface area contributed by atoms with Crippen LogP contribution in [0.25, 0.3) is 0 Å². The zero-order valence-corrected chi connectivity index (χ0v) is 9.75. The lowest BCUT2D eigenvalue weighted by Gasteiger charge is -2.16. The Hall–Kier alpha value is 0.270. The average Bonchev–Trinajstić information content (AvgIpc) is 2.58. The summed E-state index contributed by atoms with van der Waals surface area (Å²) in [5.41, 5.74) is 1.23. The Labute approximate surface area is 85.4 Å². The molecular formula is C9H11BrOS. The van der Waals surface area contributed by atoms with Crippen molar-refractivity contribution in [1.29, 1.82) is 0 Å². The Bertz CT molecular complexity index is 297. The highest BCUT2D eigenvalue weighted by atomic mass is 79.9. The van der Waals surface area contributed by atoms with Gasteiger partial charge in [-0.3, -0.25) is 0 Å². The third kappa shape index (κ3) is 0.903. The van der Waals surface area contributed by atoms with E-state index in [1.54, 1.807) is 11.8 Å². The smallest absolute Gasteiger partial charge is 0.175 e. The van der Waals surface area contributed by atoms with Gasteiger partial charge in [-0.2, -0.15) is 0 Å². The van der Waals surface area contributed by atoms with Gasteiger partial charge in [0.15, 0.2) is 4.51 Å². The number of allylic oxidation sites excluding steroid dienone is 1. The topological polar surface area (TPSA) is 12.5 Å². The first-order valence-electron chi connectivity index (χ1n) is 3.87. The molecule has 1 aliphatic carbocycles. The SMILES string of the molecule is CSC1=C(C)C2(C)OC2(Br)C=C1. The maximum Gasteiger partial charge on any atom is 0.175 e. The Morgan fingerprint density at radius 3 is 2.83 bits per heavy atom. The van der Waals surface area contributed by atoms with Crippen molar-refractivity contribution in [3.05, 3.63) is 22.6 Å². The van der Waals surface area contributed by atoms with E-state index in [-0.39, 0.29) is 10.1 Å².